The number of para-hydroxylation sites is 2. The van der Waals surface area contributed by atoms with Crippen LogP contribution in [-0.4, -0.2) is 49.0 Å². The van der Waals surface area contributed by atoms with Gasteiger partial charge in [-0.1, -0.05) is 35.9 Å². The second-order valence-corrected chi connectivity index (χ2v) is 9.68. The zero-order valence-corrected chi connectivity index (χ0v) is 18.0. The molecule has 0 fully saturated rings. The number of hydrogen-bond acceptors (Lipinski definition) is 4. The highest BCUT2D eigenvalue weighted by Crippen LogP contribution is 2.38. The first kappa shape index (κ1) is 19.9. The Bertz CT molecular complexity index is 1160. The lowest BCUT2D eigenvalue weighted by Crippen LogP contribution is -2.37. The molecule has 0 bridgehead atoms. The first-order chi connectivity index (χ1) is 13.8. The van der Waals surface area contributed by atoms with Gasteiger partial charge in [0.15, 0.2) is 0 Å². The number of halogens is 1. The number of benzene rings is 2. The van der Waals surface area contributed by atoms with Crippen molar-refractivity contribution in [3.63, 3.8) is 0 Å². The average Bonchev–Trinajstić information content (AvgIpc) is 3.25. The molecule has 4 rings (SSSR count). The number of hydrogen-bond donors (Lipinski definition) is 0. The van der Waals surface area contributed by atoms with Gasteiger partial charge in [-0.05, 0) is 30.7 Å². The Kier molecular flexibility index (Phi) is 5.14. The monoisotopic (exact) mass is 431 g/mol. The highest BCUT2D eigenvalue weighted by atomic mass is 35.5. The lowest BCUT2D eigenvalue weighted by molar-refractivity contribution is 0.378. The summed E-state index contributed by atoms with van der Waals surface area (Å²) >= 11 is 6.09. The maximum Gasteiger partial charge on any atom is 0.211 e. The van der Waals surface area contributed by atoms with E-state index in [1.165, 1.54) is 10.6 Å². The lowest BCUT2D eigenvalue weighted by atomic mass is 10.1. The molecule has 1 aliphatic carbocycles. The van der Waals surface area contributed by atoms with Gasteiger partial charge in [0.05, 0.1) is 24.8 Å². The first-order valence-electron chi connectivity index (χ1n) is 9.22. The van der Waals surface area contributed by atoms with E-state index in [2.05, 4.69) is 0 Å². The predicted molar refractivity (Wildman–Crippen MR) is 114 cm³/mol. The molecule has 1 heterocycles. The Hall–Kier alpha value is -2.35. The number of rotatable bonds is 5. The van der Waals surface area contributed by atoms with Gasteiger partial charge in [0.2, 0.25) is 10.0 Å². The highest BCUT2D eigenvalue weighted by molar-refractivity contribution is 7.88. The summed E-state index contributed by atoms with van der Waals surface area (Å²) < 4.78 is 32.9. The van der Waals surface area contributed by atoms with Gasteiger partial charge in [-0.3, -0.25) is 0 Å². The van der Waals surface area contributed by atoms with Crippen LogP contribution in [0.3, 0.4) is 0 Å². The number of sulfonamides is 1. The van der Waals surface area contributed by atoms with Crippen molar-refractivity contribution in [3.8, 4) is 22.7 Å². The number of aromatic nitrogens is 2. The molecule has 0 amide bonds. The van der Waals surface area contributed by atoms with E-state index in [-0.39, 0.29) is 6.04 Å². The molecule has 1 unspecified atom stereocenters. The van der Waals surface area contributed by atoms with E-state index in [1.54, 1.807) is 14.2 Å². The van der Waals surface area contributed by atoms with Crippen LogP contribution in [0.1, 0.15) is 11.3 Å². The second kappa shape index (κ2) is 7.48. The van der Waals surface area contributed by atoms with Gasteiger partial charge < -0.3 is 4.74 Å². The summed E-state index contributed by atoms with van der Waals surface area (Å²) in [6, 6.07) is 15.2. The van der Waals surface area contributed by atoms with E-state index in [0.29, 0.717) is 23.6 Å². The molecule has 3 aromatic rings. The van der Waals surface area contributed by atoms with Gasteiger partial charge in [-0.2, -0.15) is 5.10 Å². The smallest absolute Gasteiger partial charge is 0.211 e. The van der Waals surface area contributed by atoms with E-state index in [9.17, 15) is 8.42 Å². The topological polar surface area (TPSA) is 64.4 Å². The summed E-state index contributed by atoms with van der Waals surface area (Å²) in [5.74, 6) is 0.716. The number of fused-ring (bicyclic) bond motifs is 1. The molecule has 1 atom stereocenters. The number of ether oxygens (including phenoxy) is 1. The van der Waals surface area contributed by atoms with Crippen molar-refractivity contribution in [1.82, 2.24) is 14.1 Å². The Morgan fingerprint density at radius 2 is 1.83 bits per heavy atom. The number of nitrogens with zero attached hydrogens (tertiary/aromatic N) is 3. The molecule has 1 aromatic heterocycles. The standard InChI is InChI=1S/C21H22ClN3O3S/c1-24(29(3,26)27)16-12-17-18(13-16)23-25(19-6-4-5-7-20(19)28-2)21(17)14-8-10-15(22)11-9-14/h4-11,16H,12-13H2,1-3H3. The van der Waals surface area contributed by atoms with Crippen molar-refractivity contribution >= 4 is 21.6 Å². The van der Waals surface area contributed by atoms with Crippen LogP contribution in [0.2, 0.25) is 5.02 Å². The molecular weight excluding hydrogens is 410 g/mol. The fourth-order valence-corrected chi connectivity index (χ4v) is 4.63. The maximum atomic E-state index is 12.0. The van der Waals surface area contributed by atoms with Crippen molar-refractivity contribution in [3.05, 3.63) is 64.8 Å². The summed E-state index contributed by atoms with van der Waals surface area (Å²) in [6.45, 7) is 0. The third-order valence-electron chi connectivity index (χ3n) is 5.40. The van der Waals surface area contributed by atoms with Gasteiger partial charge in [0.25, 0.3) is 0 Å². The average molecular weight is 432 g/mol. The quantitative estimate of drug-likeness (QED) is 0.619. The molecular formula is C21H22ClN3O3S. The van der Waals surface area contributed by atoms with Crippen LogP contribution in [0.15, 0.2) is 48.5 Å². The van der Waals surface area contributed by atoms with E-state index in [1.807, 2.05) is 53.2 Å². The van der Waals surface area contributed by atoms with Gasteiger partial charge in [-0.15, -0.1) is 0 Å². The van der Waals surface area contributed by atoms with Crippen LogP contribution < -0.4 is 4.74 Å². The van der Waals surface area contributed by atoms with E-state index >= 15 is 0 Å². The third-order valence-corrected chi connectivity index (χ3v) is 7.00. The molecule has 29 heavy (non-hydrogen) atoms. The summed E-state index contributed by atoms with van der Waals surface area (Å²) in [5, 5.41) is 5.52. The second-order valence-electron chi connectivity index (χ2n) is 7.21. The van der Waals surface area contributed by atoms with Crippen molar-refractivity contribution in [2.24, 2.45) is 0 Å². The maximum absolute atomic E-state index is 12.0. The molecule has 1 aliphatic rings. The van der Waals surface area contributed by atoms with E-state index < -0.39 is 10.0 Å². The van der Waals surface area contributed by atoms with E-state index in [4.69, 9.17) is 21.4 Å². The lowest BCUT2D eigenvalue weighted by Gasteiger charge is -2.22. The van der Waals surface area contributed by atoms with Crippen LogP contribution in [0.4, 0.5) is 0 Å². The van der Waals surface area contributed by atoms with Crippen LogP contribution in [0.25, 0.3) is 16.9 Å². The molecule has 0 radical (unpaired) electrons. The third kappa shape index (κ3) is 3.66. The van der Waals surface area contributed by atoms with E-state index in [0.717, 1.165) is 28.2 Å². The minimum Gasteiger partial charge on any atom is -0.494 e. The number of methoxy groups -OCH3 is 1. The zero-order valence-electron chi connectivity index (χ0n) is 16.5. The van der Waals surface area contributed by atoms with Crippen LogP contribution in [0.5, 0.6) is 5.75 Å². The summed E-state index contributed by atoms with van der Waals surface area (Å²) in [6.07, 6.45) is 2.41. The van der Waals surface area contributed by atoms with Gasteiger partial charge in [0, 0.05) is 35.7 Å². The molecule has 152 valence electrons. The SMILES string of the molecule is COc1ccccc1-n1nc2c(c1-c1ccc(Cl)cc1)CC(N(C)S(C)(=O)=O)C2. The Morgan fingerprint density at radius 3 is 2.48 bits per heavy atom. The van der Waals surface area contributed by atoms with Crippen LogP contribution in [-0.2, 0) is 22.9 Å². The molecule has 0 aliphatic heterocycles. The van der Waals surface area contributed by atoms with Gasteiger partial charge in [0.1, 0.15) is 11.4 Å². The Labute approximate surface area is 175 Å². The minimum absolute atomic E-state index is 0.138. The van der Waals surface area contributed by atoms with Crippen molar-refractivity contribution in [2.75, 3.05) is 20.4 Å². The molecule has 8 heteroatoms. The van der Waals surface area contributed by atoms with Crippen LogP contribution >= 0.6 is 11.6 Å². The summed E-state index contributed by atoms with van der Waals surface area (Å²) in [7, 11) is -0.0155. The normalized spacial score (nSPS) is 16.2. The first-order valence-corrected chi connectivity index (χ1v) is 11.5. The fourth-order valence-electron chi connectivity index (χ4n) is 3.82. The van der Waals surface area contributed by atoms with Crippen LogP contribution in [0, 0.1) is 0 Å². The zero-order chi connectivity index (χ0) is 20.8. The van der Waals surface area contributed by atoms with Crippen molar-refractivity contribution < 1.29 is 13.2 Å². The molecule has 0 saturated heterocycles. The highest BCUT2D eigenvalue weighted by Gasteiger charge is 2.35. The predicted octanol–water partition coefficient (Wildman–Crippen LogP) is 3.56. The molecule has 0 spiro atoms. The minimum atomic E-state index is -3.28. The Morgan fingerprint density at radius 1 is 1.14 bits per heavy atom. The molecule has 0 saturated carbocycles. The molecule has 2 aromatic carbocycles. The Balaban J connectivity index is 1.87. The van der Waals surface area contributed by atoms with Gasteiger partial charge in [-0.25, -0.2) is 17.4 Å². The fraction of sp³-hybridized carbons (Fsp3) is 0.286. The van der Waals surface area contributed by atoms with Gasteiger partial charge >= 0.3 is 0 Å². The number of likely N-dealkylation sites (N-methyl/N-ethyl adjacent to an activating group) is 1. The molecule has 0 N–H and O–H groups in total. The molecule has 6 nitrogen and oxygen atoms in total. The largest absolute Gasteiger partial charge is 0.494 e. The summed E-state index contributed by atoms with van der Waals surface area (Å²) in [4.78, 5) is 0. The summed E-state index contributed by atoms with van der Waals surface area (Å²) in [5.41, 5.74) is 4.70. The van der Waals surface area contributed by atoms with Crippen molar-refractivity contribution in [1.29, 1.82) is 0 Å². The van der Waals surface area contributed by atoms with Crippen molar-refractivity contribution in [2.45, 2.75) is 18.9 Å².